The molecule has 8 nitrogen and oxygen atoms in total. The van der Waals surface area contributed by atoms with E-state index in [9.17, 15) is 4.79 Å². The van der Waals surface area contributed by atoms with E-state index in [2.05, 4.69) is 35.4 Å². The highest BCUT2D eigenvalue weighted by molar-refractivity contribution is 14.0. The molecule has 150 valence electrons. The van der Waals surface area contributed by atoms with Gasteiger partial charge in [0, 0.05) is 64.8 Å². The van der Waals surface area contributed by atoms with Gasteiger partial charge in [0.1, 0.15) is 0 Å². The van der Waals surface area contributed by atoms with E-state index < -0.39 is 0 Å². The van der Waals surface area contributed by atoms with Gasteiger partial charge in [-0.3, -0.25) is 9.79 Å². The van der Waals surface area contributed by atoms with Crippen LogP contribution in [0.3, 0.4) is 0 Å². The van der Waals surface area contributed by atoms with Crippen molar-refractivity contribution in [2.24, 2.45) is 4.99 Å². The normalized spacial score (nSPS) is 14.3. The first kappa shape index (κ1) is 21.9. The number of rotatable bonds is 4. The van der Waals surface area contributed by atoms with Crippen molar-refractivity contribution in [1.29, 1.82) is 0 Å². The summed E-state index contributed by atoms with van der Waals surface area (Å²) in [7, 11) is 1.79. The minimum Gasteiger partial charge on any atom is -0.352 e. The summed E-state index contributed by atoms with van der Waals surface area (Å²) in [6.07, 6.45) is 3.54. The fourth-order valence-electron chi connectivity index (χ4n) is 3.05. The number of nitrogens with one attached hydrogen (secondary N) is 2. The number of carbonyl (C=O) groups excluding carboxylic acids is 1. The van der Waals surface area contributed by atoms with Crippen molar-refractivity contribution in [3.8, 4) is 0 Å². The average molecular weight is 495 g/mol. The second kappa shape index (κ2) is 10.8. The number of hydrogen-bond acceptors (Lipinski definition) is 5. The maximum Gasteiger partial charge on any atom is 0.225 e. The lowest BCUT2D eigenvalue weighted by molar-refractivity contribution is -0.114. The molecule has 1 amide bonds. The summed E-state index contributed by atoms with van der Waals surface area (Å²) in [6.45, 7) is 5.55. The smallest absolute Gasteiger partial charge is 0.225 e. The molecule has 1 aromatic heterocycles. The van der Waals surface area contributed by atoms with Crippen molar-refractivity contribution in [3.05, 3.63) is 48.3 Å². The molecule has 0 radical (unpaired) electrons. The predicted octanol–water partition coefficient (Wildman–Crippen LogP) is 1.95. The van der Waals surface area contributed by atoms with Crippen molar-refractivity contribution in [2.45, 2.75) is 13.5 Å². The van der Waals surface area contributed by atoms with Gasteiger partial charge in [0.25, 0.3) is 0 Å². The molecule has 0 spiro atoms. The molecule has 3 rings (SSSR count). The van der Waals surface area contributed by atoms with Crippen molar-refractivity contribution < 1.29 is 4.79 Å². The van der Waals surface area contributed by atoms with Crippen molar-refractivity contribution >= 4 is 47.5 Å². The number of piperazine rings is 1. The van der Waals surface area contributed by atoms with Crippen LogP contribution in [0.4, 0.5) is 11.6 Å². The number of amides is 1. The Balaban J connectivity index is 0.00000280. The summed E-state index contributed by atoms with van der Waals surface area (Å²) < 4.78 is 0. The van der Waals surface area contributed by atoms with E-state index in [0.717, 1.165) is 49.3 Å². The van der Waals surface area contributed by atoms with Gasteiger partial charge in [0.05, 0.1) is 0 Å². The van der Waals surface area contributed by atoms with E-state index in [-0.39, 0.29) is 29.9 Å². The third-order valence-corrected chi connectivity index (χ3v) is 4.32. The molecule has 0 unspecified atom stereocenters. The standard InChI is InChI=1S/C19H25N7O.HI/c1-15(27)24-17-6-3-5-16(13-17)14-23-18(20-2)25-9-11-26(12-10-25)19-21-7-4-8-22-19;/h3-8,13H,9-12,14H2,1-2H3,(H,20,23)(H,24,27);1H. The highest BCUT2D eigenvalue weighted by atomic mass is 127. The number of aromatic nitrogens is 2. The van der Waals surface area contributed by atoms with Gasteiger partial charge >= 0.3 is 0 Å². The Morgan fingerprint density at radius 3 is 2.50 bits per heavy atom. The van der Waals surface area contributed by atoms with Crippen LogP contribution in [0.5, 0.6) is 0 Å². The zero-order valence-electron chi connectivity index (χ0n) is 16.1. The number of aliphatic imine (C=N–C) groups is 1. The van der Waals surface area contributed by atoms with Crippen molar-refractivity contribution in [1.82, 2.24) is 20.2 Å². The molecule has 2 aromatic rings. The van der Waals surface area contributed by atoms with E-state index in [1.807, 2.05) is 30.3 Å². The average Bonchev–Trinajstić information content (AvgIpc) is 2.69. The van der Waals surface area contributed by atoms with Gasteiger partial charge in [-0.25, -0.2) is 9.97 Å². The van der Waals surface area contributed by atoms with E-state index in [0.29, 0.717) is 6.54 Å². The number of halogens is 1. The summed E-state index contributed by atoms with van der Waals surface area (Å²) in [4.78, 5) is 28.7. The third kappa shape index (κ3) is 6.04. The second-order valence-corrected chi connectivity index (χ2v) is 6.31. The molecule has 0 saturated carbocycles. The maximum absolute atomic E-state index is 11.2. The second-order valence-electron chi connectivity index (χ2n) is 6.31. The van der Waals surface area contributed by atoms with Gasteiger partial charge in [-0.2, -0.15) is 0 Å². The zero-order chi connectivity index (χ0) is 19.1. The quantitative estimate of drug-likeness (QED) is 0.383. The van der Waals surface area contributed by atoms with Gasteiger partial charge in [0.2, 0.25) is 11.9 Å². The van der Waals surface area contributed by atoms with Crippen LogP contribution in [0.2, 0.25) is 0 Å². The number of nitrogens with zero attached hydrogens (tertiary/aromatic N) is 5. The van der Waals surface area contributed by atoms with Crippen LogP contribution in [-0.4, -0.2) is 60.0 Å². The number of benzene rings is 1. The van der Waals surface area contributed by atoms with Gasteiger partial charge in [0.15, 0.2) is 5.96 Å². The Morgan fingerprint density at radius 2 is 1.86 bits per heavy atom. The molecule has 0 aliphatic carbocycles. The minimum absolute atomic E-state index is 0. The van der Waals surface area contributed by atoms with Crippen LogP contribution in [0.1, 0.15) is 12.5 Å². The summed E-state index contributed by atoms with van der Waals surface area (Å²) in [5.41, 5.74) is 1.88. The topological polar surface area (TPSA) is 85.8 Å². The summed E-state index contributed by atoms with van der Waals surface area (Å²) >= 11 is 0. The Hall–Kier alpha value is -2.43. The number of carbonyl (C=O) groups is 1. The highest BCUT2D eigenvalue weighted by Gasteiger charge is 2.20. The Morgan fingerprint density at radius 1 is 1.14 bits per heavy atom. The van der Waals surface area contributed by atoms with Gasteiger partial charge in [-0.15, -0.1) is 24.0 Å². The first-order valence-electron chi connectivity index (χ1n) is 9.00. The third-order valence-electron chi connectivity index (χ3n) is 4.32. The molecule has 1 aromatic carbocycles. The largest absolute Gasteiger partial charge is 0.352 e. The van der Waals surface area contributed by atoms with Crippen LogP contribution < -0.4 is 15.5 Å². The van der Waals surface area contributed by atoms with Crippen LogP contribution in [0.25, 0.3) is 0 Å². The monoisotopic (exact) mass is 495 g/mol. The molecule has 0 atom stereocenters. The lowest BCUT2D eigenvalue weighted by Crippen LogP contribution is -2.52. The molecule has 0 bridgehead atoms. The SMILES string of the molecule is CN=C(NCc1cccc(NC(C)=O)c1)N1CCN(c2ncccn2)CC1.I. The molecule has 1 aliphatic rings. The molecule has 2 heterocycles. The molecular weight excluding hydrogens is 469 g/mol. The Kier molecular flexibility index (Phi) is 8.42. The highest BCUT2D eigenvalue weighted by Crippen LogP contribution is 2.12. The molecule has 1 aliphatic heterocycles. The molecule has 2 N–H and O–H groups in total. The molecule has 1 fully saturated rings. The maximum atomic E-state index is 11.2. The van der Waals surface area contributed by atoms with E-state index in [1.165, 1.54) is 6.92 Å². The molecule has 9 heteroatoms. The first-order chi connectivity index (χ1) is 13.2. The molecule has 28 heavy (non-hydrogen) atoms. The van der Waals surface area contributed by atoms with Crippen LogP contribution >= 0.6 is 24.0 Å². The molecular formula is C19H26IN7O. The van der Waals surface area contributed by atoms with Crippen LogP contribution in [0.15, 0.2) is 47.7 Å². The van der Waals surface area contributed by atoms with Crippen molar-refractivity contribution in [2.75, 3.05) is 43.4 Å². The van der Waals surface area contributed by atoms with Crippen LogP contribution in [0, 0.1) is 0 Å². The van der Waals surface area contributed by atoms with E-state index >= 15 is 0 Å². The lowest BCUT2D eigenvalue weighted by Gasteiger charge is -2.36. The van der Waals surface area contributed by atoms with Crippen molar-refractivity contribution in [3.63, 3.8) is 0 Å². The van der Waals surface area contributed by atoms with Gasteiger partial charge in [-0.1, -0.05) is 12.1 Å². The Bertz CT molecular complexity index is 792. The van der Waals surface area contributed by atoms with E-state index in [4.69, 9.17) is 0 Å². The number of guanidine groups is 1. The zero-order valence-corrected chi connectivity index (χ0v) is 18.5. The fraction of sp³-hybridized carbons (Fsp3) is 0.368. The first-order valence-corrected chi connectivity index (χ1v) is 9.00. The van der Waals surface area contributed by atoms with Gasteiger partial charge < -0.3 is 20.4 Å². The Labute approximate surface area is 182 Å². The van der Waals surface area contributed by atoms with Gasteiger partial charge in [-0.05, 0) is 23.8 Å². The minimum atomic E-state index is -0.0730. The molecule has 1 saturated heterocycles. The number of anilines is 2. The fourth-order valence-corrected chi connectivity index (χ4v) is 3.05. The summed E-state index contributed by atoms with van der Waals surface area (Å²) in [6, 6.07) is 9.63. The van der Waals surface area contributed by atoms with Crippen LogP contribution in [-0.2, 0) is 11.3 Å². The summed E-state index contributed by atoms with van der Waals surface area (Å²) in [5, 5.41) is 6.21. The number of hydrogen-bond donors (Lipinski definition) is 2. The summed E-state index contributed by atoms with van der Waals surface area (Å²) in [5.74, 6) is 1.57. The van der Waals surface area contributed by atoms with E-state index in [1.54, 1.807) is 19.4 Å². The lowest BCUT2D eigenvalue weighted by atomic mass is 10.2. The predicted molar refractivity (Wildman–Crippen MR) is 122 cm³/mol.